The first-order valence-electron chi connectivity index (χ1n) is 6.19. The molecule has 0 aliphatic heterocycles. The molecule has 18 heavy (non-hydrogen) atoms. The maximum atomic E-state index is 4.73. The highest BCUT2D eigenvalue weighted by molar-refractivity contribution is 5.64. The quantitative estimate of drug-likeness (QED) is 0.684. The average molecular weight is 237 g/mol. The van der Waals surface area contributed by atoms with Crippen molar-refractivity contribution in [2.45, 2.75) is 20.3 Å². The van der Waals surface area contributed by atoms with E-state index in [0.29, 0.717) is 0 Å². The third-order valence-electron chi connectivity index (χ3n) is 3.17. The maximum Gasteiger partial charge on any atom is 0.154 e. The molecule has 3 rings (SSSR count). The number of imidazole rings is 1. The molecule has 0 spiro atoms. The van der Waals surface area contributed by atoms with E-state index >= 15 is 0 Å². The molecule has 0 aliphatic carbocycles. The topological polar surface area (TPSA) is 30.2 Å². The van der Waals surface area contributed by atoms with Crippen LogP contribution in [0.25, 0.3) is 16.9 Å². The van der Waals surface area contributed by atoms with Crippen molar-refractivity contribution in [3.63, 3.8) is 0 Å². The van der Waals surface area contributed by atoms with E-state index in [4.69, 9.17) is 5.10 Å². The van der Waals surface area contributed by atoms with Gasteiger partial charge in [-0.3, -0.25) is 0 Å². The Hall–Kier alpha value is -2.16. The van der Waals surface area contributed by atoms with Crippen molar-refractivity contribution in [3.05, 3.63) is 53.9 Å². The summed E-state index contributed by atoms with van der Waals surface area (Å²) in [6, 6.07) is 12.4. The number of fused-ring (bicyclic) bond motifs is 1. The lowest BCUT2D eigenvalue weighted by Crippen LogP contribution is -2.00. The van der Waals surface area contributed by atoms with Crippen LogP contribution in [0.2, 0.25) is 0 Å². The van der Waals surface area contributed by atoms with E-state index < -0.39 is 0 Å². The molecular formula is C15H15N3. The summed E-state index contributed by atoms with van der Waals surface area (Å²) in [7, 11) is 0. The monoisotopic (exact) mass is 237 g/mol. The first kappa shape index (κ1) is 11.0. The fourth-order valence-corrected chi connectivity index (χ4v) is 2.18. The van der Waals surface area contributed by atoms with Crippen molar-refractivity contribution < 1.29 is 0 Å². The lowest BCUT2D eigenvalue weighted by molar-refractivity contribution is 0.889. The number of hydrogen-bond acceptors (Lipinski definition) is 2. The average Bonchev–Trinajstić information content (AvgIpc) is 2.79. The number of hydrogen-bond donors (Lipinski definition) is 0. The van der Waals surface area contributed by atoms with Crippen LogP contribution in [0.15, 0.2) is 42.6 Å². The zero-order chi connectivity index (χ0) is 12.5. The minimum atomic E-state index is 0.920. The molecule has 1 aromatic carbocycles. The molecule has 0 saturated carbocycles. The van der Waals surface area contributed by atoms with Crippen molar-refractivity contribution in [3.8, 4) is 11.3 Å². The molecule has 2 aromatic heterocycles. The third-order valence-corrected chi connectivity index (χ3v) is 3.17. The van der Waals surface area contributed by atoms with Crippen molar-refractivity contribution in [2.24, 2.45) is 0 Å². The van der Waals surface area contributed by atoms with E-state index in [1.807, 2.05) is 35.8 Å². The second-order valence-electron chi connectivity index (χ2n) is 4.41. The van der Waals surface area contributed by atoms with Crippen LogP contribution in [0.3, 0.4) is 0 Å². The number of aromatic nitrogens is 3. The molecule has 0 unspecified atom stereocenters. The van der Waals surface area contributed by atoms with E-state index in [9.17, 15) is 0 Å². The Morgan fingerprint density at radius 2 is 1.94 bits per heavy atom. The van der Waals surface area contributed by atoms with Gasteiger partial charge in [0.1, 0.15) is 0 Å². The van der Waals surface area contributed by atoms with Crippen LogP contribution in [0.5, 0.6) is 0 Å². The third kappa shape index (κ3) is 1.68. The lowest BCUT2D eigenvalue weighted by atomic mass is 10.1. The van der Waals surface area contributed by atoms with Gasteiger partial charge < -0.3 is 0 Å². The van der Waals surface area contributed by atoms with E-state index in [1.165, 1.54) is 5.56 Å². The second kappa shape index (κ2) is 4.26. The first-order chi connectivity index (χ1) is 8.79. The molecule has 2 heterocycles. The highest BCUT2D eigenvalue weighted by Crippen LogP contribution is 2.23. The fourth-order valence-electron chi connectivity index (χ4n) is 2.18. The molecule has 0 N–H and O–H groups in total. The van der Waals surface area contributed by atoms with Gasteiger partial charge in [0.15, 0.2) is 5.65 Å². The molecule has 0 aliphatic rings. The van der Waals surface area contributed by atoms with Gasteiger partial charge in [-0.25, -0.2) is 9.50 Å². The van der Waals surface area contributed by atoms with Gasteiger partial charge in [-0.2, -0.15) is 5.10 Å². The molecule has 0 amide bonds. The van der Waals surface area contributed by atoms with Crippen LogP contribution >= 0.6 is 0 Å². The lowest BCUT2D eigenvalue weighted by Gasteiger charge is -2.08. The highest BCUT2D eigenvalue weighted by Gasteiger charge is 2.09. The van der Waals surface area contributed by atoms with Crippen LogP contribution in [0.4, 0.5) is 0 Å². The Bertz CT molecular complexity index is 684. The SMILES string of the molecule is CCc1cc2ncc(C)n2nc1-c1ccccc1. The van der Waals surface area contributed by atoms with E-state index in [-0.39, 0.29) is 0 Å². The summed E-state index contributed by atoms with van der Waals surface area (Å²) >= 11 is 0. The Kier molecular flexibility index (Phi) is 2.59. The van der Waals surface area contributed by atoms with Crippen LogP contribution in [-0.2, 0) is 6.42 Å². The maximum absolute atomic E-state index is 4.73. The molecule has 0 bridgehead atoms. The van der Waals surface area contributed by atoms with Crippen LogP contribution in [0, 0.1) is 6.92 Å². The number of benzene rings is 1. The fraction of sp³-hybridized carbons (Fsp3) is 0.200. The van der Waals surface area contributed by atoms with Crippen molar-refractivity contribution in [1.29, 1.82) is 0 Å². The largest absolute Gasteiger partial charge is 0.235 e. The molecular weight excluding hydrogens is 222 g/mol. The standard InChI is InChI=1S/C15H15N3/c1-3-12-9-14-16-10-11(2)18(14)17-15(12)13-7-5-4-6-8-13/h4-10H,3H2,1-2H3. The predicted molar refractivity (Wildman–Crippen MR) is 72.5 cm³/mol. The Morgan fingerprint density at radius 1 is 1.17 bits per heavy atom. The van der Waals surface area contributed by atoms with Gasteiger partial charge in [-0.1, -0.05) is 37.3 Å². The molecule has 0 atom stereocenters. The summed E-state index contributed by atoms with van der Waals surface area (Å²) in [4.78, 5) is 4.36. The normalized spacial score (nSPS) is 11.0. The summed E-state index contributed by atoms with van der Waals surface area (Å²) < 4.78 is 1.90. The van der Waals surface area contributed by atoms with Gasteiger partial charge in [0.2, 0.25) is 0 Å². The van der Waals surface area contributed by atoms with Gasteiger partial charge in [0.25, 0.3) is 0 Å². The summed E-state index contributed by atoms with van der Waals surface area (Å²) in [5, 5.41) is 4.73. The molecule has 3 heteroatoms. The van der Waals surface area contributed by atoms with E-state index in [2.05, 4.69) is 30.1 Å². The van der Waals surface area contributed by atoms with E-state index in [1.54, 1.807) is 0 Å². The summed E-state index contributed by atoms with van der Waals surface area (Å²) in [6.45, 7) is 4.17. The Labute approximate surface area is 106 Å². The smallest absolute Gasteiger partial charge is 0.154 e. The van der Waals surface area contributed by atoms with Gasteiger partial charge >= 0.3 is 0 Å². The zero-order valence-electron chi connectivity index (χ0n) is 10.6. The highest BCUT2D eigenvalue weighted by atomic mass is 15.3. The summed E-state index contributed by atoms with van der Waals surface area (Å²) in [6.07, 6.45) is 2.82. The van der Waals surface area contributed by atoms with Crippen molar-refractivity contribution in [2.75, 3.05) is 0 Å². The van der Waals surface area contributed by atoms with Crippen LogP contribution < -0.4 is 0 Å². The molecule has 0 radical (unpaired) electrons. The molecule has 90 valence electrons. The first-order valence-corrected chi connectivity index (χ1v) is 6.19. The molecule has 0 saturated heterocycles. The molecule has 3 nitrogen and oxygen atoms in total. The minimum absolute atomic E-state index is 0.920. The van der Waals surface area contributed by atoms with Gasteiger partial charge in [-0.15, -0.1) is 0 Å². The predicted octanol–water partition coefficient (Wildman–Crippen LogP) is 3.27. The number of rotatable bonds is 2. The second-order valence-corrected chi connectivity index (χ2v) is 4.41. The van der Waals surface area contributed by atoms with Gasteiger partial charge in [0.05, 0.1) is 17.6 Å². The van der Waals surface area contributed by atoms with Crippen molar-refractivity contribution in [1.82, 2.24) is 14.6 Å². The number of aryl methyl sites for hydroxylation is 2. The number of nitrogens with zero attached hydrogens (tertiary/aromatic N) is 3. The minimum Gasteiger partial charge on any atom is -0.235 e. The summed E-state index contributed by atoms with van der Waals surface area (Å²) in [5.74, 6) is 0. The van der Waals surface area contributed by atoms with Crippen LogP contribution in [-0.4, -0.2) is 14.6 Å². The van der Waals surface area contributed by atoms with Gasteiger partial charge in [0, 0.05) is 5.56 Å². The molecule has 3 aromatic rings. The Morgan fingerprint density at radius 3 is 2.67 bits per heavy atom. The van der Waals surface area contributed by atoms with Crippen molar-refractivity contribution >= 4 is 5.65 Å². The Balaban J connectivity index is 2.29. The summed E-state index contributed by atoms with van der Waals surface area (Å²) in [5.41, 5.74) is 5.42. The molecule has 0 fully saturated rings. The van der Waals surface area contributed by atoms with Crippen LogP contribution in [0.1, 0.15) is 18.2 Å². The zero-order valence-corrected chi connectivity index (χ0v) is 10.6. The van der Waals surface area contributed by atoms with Gasteiger partial charge in [-0.05, 0) is 25.0 Å². The van der Waals surface area contributed by atoms with E-state index in [0.717, 1.165) is 29.0 Å².